The van der Waals surface area contributed by atoms with Crippen LogP contribution in [0.4, 0.5) is 0 Å². The number of nitrogens with one attached hydrogen (secondary N) is 1. The van der Waals surface area contributed by atoms with Gasteiger partial charge in [-0.25, -0.2) is 13.3 Å². The summed E-state index contributed by atoms with van der Waals surface area (Å²) in [6.45, 7) is 0. The second kappa shape index (κ2) is 6.83. The summed E-state index contributed by atoms with van der Waals surface area (Å²) in [5.41, 5.74) is 0.764. The summed E-state index contributed by atoms with van der Waals surface area (Å²) in [4.78, 5) is 17.2. The summed E-state index contributed by atoms with van der Waals surface area (Å²) in [6.07, 6.45) is 2.36. The van der Waals surface area contributed by atoms with Crippen molar-refractivity contribution in [1.29, 1.82) is 5.41 Å². The fourth-order valence-corrected chi connectivity index (χ4v) is 4.69. The van der Waals surface area contributed by atoms with E-state index in [0.29, 0.717) is 11.5 Å². The monoisotopic (exact) mass is 478 g/mol. The molecule has 0 atom stereocenters. The van der Waals surface area contributed by atoms with Gasteiger partial charge in [-0.2, -0.15) is 9.39 Å². The quantitative estimate of drug-likeness (QED) is 0.522. The fourth-order valence-electron chi connectivity index (χ4n) is 2.58. The lowest BCUT2D eigenvalue weighted by Crippen LogP contribution is -2.45. The molecule has 2 aromatic rings. The van der Waals surface area contributed by atoms with E-state index in [-0.39, 0.29) is 21.7 Å². The molecule has 1 aromatic carbocycles. The van der Waals surface area contributed by atoms with Gasteiger partial charge in [0.1, 0.15) is 17.4 Å². The maximum Gasteiger partial charge on any atom is 0.283 e. The van der Waals surface area contributed by atoms with Gasteiger partial charge < -0.3 is 4.42 Å². The van der Waals surface area contributed by atoms with Crippen molar-refractivity contribution in [3.63, 3.8) is 0 Å². The molecular formula is C17H11BrN4O4S2. The number of aliphatic imine (C=N–C) groups is 1. The molecule has 2 aliphatic heterocycles. The third kappa shape index (κ3) is 3.36. The van der Waals surface area contributed by atoms with Crippen LogP contribution in [-0.4, -0.2) is 41.7 Å². The Labute approximate surface area is 172 Å². The van der Waals surface area contributed by atoms with Gasteiger partial charge in [-0.05, 0) is 30.3 Å². The molecule has 142 valence electrons. The highest BCUT2D eigenvalue weighted by atomic mass is 79.9. The zero-order valence-corrected chi connectivity index (χ0v) is 17.4. The molecule has 2 aliphatic rings. The Morgan fingerprint density at radius 1 is 1.21 bits per heavy atom. The van der Waals surface area contributed by atoms with E-state index >= 15 is 0 Å². The van der Waals surface area contributed by atoms with Crippen molar-refractivity contribution < 1.29 is 17.6 Å². The molecule has 0 saturated heterocycles. The van der Waals surface area contributed by atoms with Crippen LogP contribution in [0.25, 0.3) is 17.4 Å². The number of halogens is 1. The number of benzene rings is 1. The normalized spacial score (nSPS) is 18.4. The maximum atomic E-state index is 12.3. The minimum atomic E-state index is -3.69. The van der Waals surface area contributed by atoms with E-state index < -0.39 is 15.7 Å². The van der Waals surface area contributed by atoms with Crippen molar-refractivity contribution in [2.45, 2.75) is 0 Å². The highest BCUT2D eigenvalue weighted by Crippen LogP contribution is 2.30. The summed E-state index contributed by atoms with van der Waals surface area (Å²) in [7, 11) is -3.69. The van der Waals surface area contributed by atoms with Crippen molar-refractivity contribution >= 4 is 65.9 Å². The van der Waals surface area contributed by atoms with Crippen LogP contribution in [0.15, 0.2) is 60.3 Å². The molecule has 0 radical (unpaired) electrons. The molecule has 1 aromatic heterocycles. The Bertz CT molecular complexity index is 1210. The number of amides is 1. The molecule has 28 heavy (non-hydrogen) atoms. The van der Waals surface area contributed by atoms with E-state index in [1.165, 1.54) is 6.08 Å². The highest BCUT2D eigenvalue weighted by molar-refractivity contribution is 9.10. The molecule has 0 spiro atoms. The molecule has 1 amide bonds. The average molecular weight is 479 g/mol. The van der Waals surface area contributed by atoms with Gasteiger partial charge in [0, 0.05) is 16.3 Å². The molecule has 8 nitrogen and oxygen atoms in total. The Morgan fingerprint density at radius 2 is 1.93 bits per heavy atom. The fraction of sp³-hybridized carbons (Fsp3) is 0.0588. The van der Waals surface area contributed by atoms with Gasteiger partial charge in [0.2, 0.25) is 20.2 Å². The number of hydrogen-bond acceptors (Lipinski definition) is 7. The first-order valence-electron chi connectivity index (χ1n) is 7.78. The average Bonchev–Trinajstić information content (AvgIpc) is 3.26. The highest BCUT2D eigenvalue weighted by Gasteiger charge is 2.41. The Hall–Kier alpha value is -2.50. The second-order valence-electron chi connectivity index (χ2n) is 5.89. The first-order chi connectivity index (χ1) is 13.2. The summed E-state index contributed by atoms with van der Waals surface area (Å²) in [5, 5.41) is 8.03. The zero-order chi connectivity index (χ0) is 20.1. The predicted molar refractivity (Wildman–Crippen MR) is 112 cm³/mol. The van der Waals surface area contributed by atoms with Gasteiger partial charge in [0.25, 0.3) is 5.91 Å². The molecule has 11 heteroatoms. The third-order valence-corrected chi connectivity index (χ3v) is 6.15. The zero-order valence-electron chi connectivity index (χ0n) is 14.2. The standard InChI is InChI=1S/C17H11BrN4O4S2/c1-28(24,25)17-21-27-16-20-15(23)12(14(19)22(16)17)8-11-6-7-13(26-11)9-2-4-10(18)5-3-9/h2-8,19H,1H3/b12-8-,19-14?. The predicted octanol–water partition coefficient (Wildman–Crippen LogP) is 3.33. The summed E-state index contributed by atoms with van der Waals surface area (Å²) >= 11 is 4.12. The number of hydrogen-bond donors (Lipinski definition) is 1. The Balaban J connectivity index is 1.69. The summed E-state index contributed by atoms with van der Waals surface area (Å²) in [5.74, 6) is -0.0381. The lowest BCUT2D eigenvalue weighted by atomic mass is 10.1. The smallest absolute Gasteiger partial charge is 0.283 e. The molecular weight excluding hydrogens is 468 g/mol. The molecule has 1 N–H and O–H groups in total. The number of amidine groups is 3. The first kappa shape index (κ1) is 18.8. The third-order valence-electron chi connectivity index (χ3n) is 3.87. The van der Waals surface area contributed by atoms with E-state index in [9.17, 15) is 13.2 Å². The lowest BCUT2D eigenvalue weighted by molar-refractivity contribution is -0.114. The number of furan rings is 1. The van der Waals surface area contributed by atoms with E-state index in [4.69, 9.17) is 9.83 Å². The molecule has 0 aliphatic carbocycles. The van der Waals surface area contributed by atoms with Crippen molar-refractivity contribution in [3.05, 3.63) is 52.2 Å². The van der Waals surface area contributed by atoms with Crippen LogP contribution in [0.5, 0.6) is 0 Å². The van der Waals surface area contributed by atoms with Gasteiger partial charge in [-0.3, -0.25) is 10.2 Å². The number of nitrogens with zero attached hydrogens (tertiary/aromatic N) is 3. The second-order valence-corrected chi connectivity index (χ2v) is 9.44. The number of sulfone groups is 1. The van der Waals surface area contributed by atoms with E-state index in [1.807, 2.05) is 24.3 Å². The van der Waals surface area contributed by atoms with E-state index in [1.54, 1.807) is 12.1 Å². The van der Waals surface area contributed by atoms with Crippen LogP contribution in [0, 0.1) is 5.41 Å². The number of rotatable bonds is 2. The van der Waals surface area contributed by atoms with Gasteiger partial charge in [-0.1, -0.05) is 28.1 Å². The first-order valence-corrected chi connectivity index (χ1v) is 11.2. The van der Waals surface area contributed by atoms with Gasteiger partial charge in [-0.15, -0.1) is 0 Å². The van der Waals surface area contributed by atoms with Gasteiger partial charge in [0.15, 0.2) is 0 Å². The minimum Gasteiger partial charge on any atom is -0.457 e. The topological polar surface area (TPSA) is 116 Å². The number of fused-ring (bicyclic) bond motifs is 1. The Morgan fingerprint density at radius 3 is 2.61 bits per heavy atom. The van der Waals surface area contributed by atoms with E-state index in [2.05, 4.69) is 25.3 Å². The van der Waals surface area contributed by atoms with E-state index in [0.717, 1.165) is 33.1 Å². The van der Waals surface area contributed by atoms with Crippen LogP contribution in [0.1, 0.15) is 5.76 Å². The molecule has 4 rings (SSSR count). The van der Waals surface area contributed by atoms with Crippen molar-refractivity contribution in [1.82, 2.24) is 4.90 Å². The van der Waals surface area contributed by atoms with Crippen LogP contribution < -0.4 is 0 Å². The van der Waals surface area contributed by atoms with Gasteiger partial charge >= 0.3 is 0 Å². The van der Waals surface area contributed by atoms with Crippen LogP contribution in [0.2, 0.25) is 0 Å². The number of carbonyl (C=O) groups excluding carboxylic acids is 1. The summed E-state index contributed by atoms with van der Waals surface area (Å²) in [6, 6.07) is 10.9. The molecule has 0 saturated carbocycles. The van der Waals surface area contributed by atoms with Crippen LogP contribution >= 0.6 is 27.9 Å². The number of carbonyl (C=O) groups is 1. The van der Waals surface area contributed by atoms with Crippen molar-refractivity contribution in [2.75, 3.05) is 6.26 Å². The molecule has 3 heterocycles. The van der Waals surface area contributed by atoms with Crippen LogP contribution in [0.3, 0.4) is 0 Å². The van der Waals surface area contributed by atoms with Crippen molar-refractivity contribution in [3.8, 4) is 11.3 Å². The lowest BCUT2D eigenvalue weighted by Gasteiger charge is -2.23. The summed E-state index contributed by atoms with van der Waals surface area (Å²) < 4.78 is 34.3. The molecule has 0 unspecified atom stereocenters. The van der Waals surface area contributed by atoms with Gasteiger partial charge in [0.05, 0.1) is 17.5 Å². The molecule has 0 fully saturated rings. The Kier molecular flexibility index (Phi) is 4.60. The molecule has 0 bridgehead atoms. The van der Waals surface area contributed by atoms with Crippen molar-refractivity contribution in [2.24, 2.45) is 9.39 Å². The SMILES string of the molecule is CS(=O)(=O)C1=NSC2=NC(=O)/C(=C\c3ccc(-c4ccc(Br)cc4)o3)C(=N)N21. The maximum absolute atomic E-state index is 12.3. The minimum absolute atomic E-state index is 0.0440. The largest absolute Gasteiger partial charge is 0.457 e. The van der Waals surface area contributed by atoms with Crippen LogP contribution in [-0.2, 0) is 14.6 Å².